The molecule has 46 heavy (non-hydrogen) atoms. The number of nitrogens with one attached hydrogen (secondary N) is 2. The lowest BCUT2D eigenvalue weighted by molar-refractivity contribution is -0.389. The summed E-state index contributed by atoms with van der Waals surface area (Å²) in [5, 5.41) is 15.8. The van der Waals surface area contributed by atoms with Gasteiger partial charge in [-0.05, 0) is 45.2 Å². The first-order valence-corrected chi connectivity index (χ1v) is 14.5. The maximum absolute atomic E-state index is 13.3. The topological polar surface area (TPSA) is 137 Å². The Bertz CT molecular complexity index is 1720. The lowest BCUT2D eigenvalue weighted by Crippen LogP contribution is -2.44. The minimum Gasteiger partial charge on any atom is -0.358 e. The fraction of sp³-hybridized carbons (Fsp3) is 0.212. The van der Waals surface area contributed by atoms with Crippen LogP contribution in [0.25, 0.3) is 0 Å². The van der Waals surface area contributed by atoms with Crippen LogP contribution in [-0.4, -0.2) is 41.9 Å². The van der Waals surface area contributed by atoms with E-state index in [0.29, 0.717) is 31.7 Å². The van der Waals surface area contributed by atoms with Crippen LogP contribution < -0.4 is 10.6 Å². The summed E-state index contributed by atoms with van der Waals surface area (Å²) < 4.78 is 30.2. The van der Waals surface area contributed by atoms with E-state index < -0.39 is 34.4 Å². The van der Waals surface area contributed by atoms with Crippen molar-refractivity contribution in [2.45, 2.75) is 45.3 Å². The first-order chi connectivity index (χ1) is 22.2. The highest BCUT2D eigenvalue weighted by molar-refractivity contribution is 5.96. The molecule has 0 fully saturated rings. The summed E-state index contributed by atoms with van der Waals surface area (Å²) in [7, 11) is 0. The molecule has 0 radical (unpaired) electrons. The van der Waals surface area contributed by atoms with E-state index in [2.05, 4.69) is 20.6 Å². The van der Waals surface area contributed by atoms with Gasteiger partial charge in [0, 0.05) is 18.8 Å². The summed E-state index contributed by atoms with van der Waals surface area (Å²) in [6.07, 6.45) is 7.07. The van der Waals surface area contributed by atoms with Crippen LogP contribution in [0.2, 0.25) is 0 Å². The number of hydrogen-bond acceptors (Lipinski definition) is 6. The van der Waals surface area contributed by atoms with Gasteiger partial charge < -0.3 is 29.9 Å². The van der Waals surface area contributed by atoms with Crippen LogP contribution in [0.3, 0.4) is 0 Å². The second-order valence-electron chi connectivity index (χ2n) is 10.4. The second-order valence-corrected chi connectivity index (χ2v) is 10.4. The first-order valence-electron chi connectivity index (χ1n) is 14.5. The van der Waals surface area contributed by atoms with Gasteiger partial charge in [0.15, 0.2) is 5.82 Å². The molecule has 2 N–H and O–H groups in total. The molecule has 2 aromatic heterocycles. The molecule has 2 amide bonds. The first kappa shape index (κ1) is 33.2. The number of carbonyl (C=O) groups excluding carboxylic acids is 2. The van der Waals surface area contributed by atoms with E-state index >= 15 is 0 Å². The van der Waals surface area contributed by atoms with Gasteiger partial charge >= 0.3 is 5.82 Å². The second kappa shape index (κ2) is 16.4. The van der Waals surface area contributed by atoms with Gasteiger partial charge in [-0.15, -0.1) is 0 Å². The number of carbonyl (C=O) groups is 2. The van der Waals surface area contributed by atoms with Gasteiger partial charge in [-0.3, -0.25) is 9.59 Å². The maximum atomic E-state index is 13.3. The Morgan fingerprint density at radius 2 is 1.41 bits per heavy atom. The van der Waals surface area contributed by atoms with E-state index in [9.17, 15) is 28.5 Å². The summed E-state index contributed by atoms with van der Waals surface area (Å²) in [5.41, 5.74) is 2.39. The number of nitrogens with zero attached hydrogens (tertiary/aromatic N) is 5. The minimum absolute atomic E-state index is 0.120. The molecule has 238 valence electrons. The highest BCUT2D eigenvalue weighted by atomic mass is 19.1. The number of imidazole rings is 2. The third-order valence-corrected chi connectivity index (χ3v) is 6.62. The zero-order chi connectivity index (χ0) is 32.9. The number of halogens is 2. The molecule has 5 aromatic rings. The third kappa shape index (κ3) is 10.5. The number of benzene rings is 3. The minimum atomic E-state index is -0.782. The molecular weight excluding hydrogens is 596 g/mol. The van der Waals surface area contributed by atoms with Crippen molar-refractivity contribution in [2.24, 2.45) is 0 Å². The van der Waals surface area contributed by atoms with Gasteiger partial charge in [0.1, 0.15) is 23.9 Å². The lowest BCUT2D eigenvalue weighted by Gasteiger charge is -2.17. The quantitative estimate of drug-likeness (QED) is 0.138. The van der Waals surface area contributed by atoms with Crippen LogP contribution in [0.5, 0.6) is 0 Å². The molecule has 2 heterocycles. The lowest BCUT2D eigenvalue weighted by atomic mass is 10.1. The predicted octanol–water partition coefficient (Wildman–Crippen LogP) is 5.52. The summed E-state index contributed by atoms with van der Waals surface area (Å²) in [4.78, 5) is 42.8. The largest absolute Gasteiger partial charge is 0.381 e. The summed E-state index contributed by atoms with van der Waals surface area (Å²) >= 11 is 0. The average Bonchev–Trinajstić information content (AvgIpc) is 3.67. The smallest absolute Gasteiger partial charge is 0.358 e. The predicted molar refractivity (Wildman–Crippen MR) is 168 cm³/mol. The van der Waals surface area contributed by atoms with Crippen LogP contribution in [0.1, 0.15) is 36.5 Å². The van der Waals surface area contributed by atoms with E-state index in [-0.39, 0.29) is 17.8 Å². The fourth-order valence-corrected chi connectivity index (χ4v) is 4.54. The van der Waals surface area contributed by atoms with Crippen LogP contribution in [-0.2, 0) is 29.1 Å². The molecule has 0 saturated carbocycles. The van der Waals surface area contributed by atoms with Gasteiger partial charge in [-0.2, -0.15) is 0 Å². The van der Waals surface area contributed by atoms with Crippen LogP contribution in [0.4, 0.5) is 20.4 Å². The number of nitro groups is 1. The van der Waals surface area contributed by atoms with Crippen molar-refractivity contribution in [1.29, 1.82) is 0 Å². The Morgan fingerprint density at radius 3 is 1.96 bits per heavy atom. The molecule has 3 aromatic carbocycles. The molecule has 13 heteroatoms. The van der Waals surface area contributed by atoms with Crippen molar-refractivity contribution >= 4 is 23.5 Å². The molecule has 11 nitrogen and oxygen atoms in total. The Labute approximate surface area is 264 Å². The van der Waals surface area contributed by atoms with E-state index in [4.69, 9.17) is 0 Å². The van der Waals surface area contributed by atoms with Crippen molar-refractivity contribution in [2.75, 3.05) is 5.32 Å². The van der Waals surface area contributed by atoms with Gasteiger partial charge in [0.2, 0.25) is 18.1 Å². The normalized spacial score (nSPS) is 11.2. The number of rotatable bonds is 12. The third-order valence-electron chi connectivity index (χ3n) is 6.62. The summed E-state index contributed by atoms with van der Waals surface area (Å²) in [6, 6.07) is 21.7. The van der Waals surface area contributed by atoms with Crippen LogP contribution in [0.15, 0.2) is 104 Å². The molecule has 0 bridgehead atoms. The number of amides is 2. The van der Waals surface area contributed by atoms with Crippen molar-refractivity contribution in [3.63, 3.8) is 0 Å². The van der Waals surface area contributed by atoms with Gasteiger partial charge in [-0.1, -0.05) is 74.0 Å². The van der Waals surface area contributed by atoms with Gasteiger partial charge in [0.25, 0.3) is 0 Å². The van der Waals surface area contributed by atoms with Gasteiger partial charge in [-0.25, -0.2) is 13.8 Å². The monoisotopic (exact) mass is 629 g/mol. The summed E-state index contributed by atoms with van der Waals surface area (Å²) in [6.45, 7) is 3.10. The van der Waals surface area contributed by atoms with E-state index in [1.54, 1.807) is 17.1 Å². The SMILES string of the molecule is CCCC(NC(=O)Cc1cc(F)cc(F)c1)C(=O)Nc1cn(Cc2ccccc2)cn1.O=[N+]([O-])c1cn(Cc2ccccc2)cn1. The van der Waals surface area contributed by atoms with Gasteiger partial charge in [0.05, 0.1) is 19.3 Å². The Balaban J connectivity index is 0.000000266. The van der Waals surface area contributed by atoms with Crippen molar-refractivity contribution < 1.29 is 23.3 Å². The van der Waals surface area contributed by atoms with E-state index in [0.717, 1.165) is 29.3 Å². The maximum Gasteiger partial charge on any atom is 0.381 e. The molecular formula is C33H33F2N7O4. The Morgan fingerprint density at radius 1 is 0.848 bits per heavy atom. The van der Waals surface area contributed by atoms with E-state index in [1.165, 1.54) is 12.5 Å². The van der Waals surface area contributed by atoms with Crippen molar-refractivity contribution in [1.82, 2.24) is 24.4 Å². The fourth-order valence-electron chi connectivity index (χ4n) is 4.54. The molecule has 1 atom stereocenters. The molecule has 1 unspecified atom stereocenters. The zero-order valence-electron chi connectivity index (χ0n) is 25.1. The number of anilines is 1. The number of hydrogen-bond donors (Lipinski definition) is 2. The Kier molecular flexibility index (Phi) is 11.8. The number of aromatic nitrogens is 4. The average molecular weight is 630 g/mol. The Hall–Kier alpha value is -5.72. The highest BCUT2D eigenvalue weighted by Crippen LogP contribution is 2.12. The van der Waals surface area contributed by atoms with Crippen molar-refractivity contribution in [3.8, 4) is 0 Å². The molecule has 0 saturated heterocycles. The summed E-state index contributed by atoms with van der Waals surface area (Å²) in [5.74, 6) is -2.14. The molecule has 5 rings (SSSR count). The van der Waals surface area contributed by atoms with Crippen LogP contribution >= 0.6 is 0 Å². The molecule has 0 aliphatic carbocycles. The zero-order valence-corrected chi connectivity index (χ0v) is 25.1. The van der Waals surface area contributed by atoms with E-state index in [1.807, 2.05) is 72.2 Å². The van der Waals surface area contributed by atoms with Crippen LogP contribution in [0, 0.1) is 21.7 Å². The standard InChI is InChI=1S/C23H24F2N4O2.C10H9N3O2/c1-2-6-20(27-22(30)11-17-9-18(24)12-19(25)10-17)23(31)28-21-14-29(15-26-21)13-16-7-4-3-5-8-16;14-13(15)10-7-12(8-11-10)6-9-4-2-1-3-5-9/h3-5,7-10,12,14-15,20H,2,6,11,13H2,1H3,(H,27,30)(H,28,31);1-5,7-8H,6H2. The molecule has 0 aliphatic heterocycles. The highest BCUT2D eigenvalue weighted by Gasteiger charge is 2.21. The molecule has 0 spiro atoms. The van der Waals surface area contributed by atoms with Crippen molar-refractivity contribution in [3.05, 3.63) is 142 Å². The molecule has 0 aliphatic rings.